The molecular formula is C17H23BrN4O. The van der Waals surface area contributed by atoms with Crippen molar-refractivity contribution in [3.8, 4) is 5.75 Å². The lowest BCUT2D eigenvalue weighted by atomic mass is 10.2. The third kappa shape index (κ3) is 5.32. The van der Waals surface area contributed by atoms with Gasteiger partial charge >= 0.3 is 0 Å². The van der Waals surface area contributed by atoms with Gasteiger partial charge in [-0.25, -0.2) is 4.99 Å². The molecule has 0 saturated heterocycles. The van der Waals surface area contributed by atoms with Gasteiger partial charge in [0.25, 0.3) is 0 Å². The van der Waals surface area contributed by atoms with Crippen molar-refractivity contribution in [1.82, 2.24) is 15.2 Å². The van der Waals surface area contributed by atoms with Crippen molar-refractivity contribution < 1.29 is 4.74 Å². The van der Waals surface area contributed by atoms with Gasteiger partial charge in [-0.3, -0.25) is 0 Å². The molecular weight excluding hydrogens is 356 g/mol. The Bertz CT molecular complexity index is 666. The molecule has 23 heavy (non-hydrogen) atoms. The number of nitrogens with one attached hydrogen (secondary N) is 2. The normalized spacial score (nSPS) is 11.4. The van der Waals surface area contributed by atoms with Gasteiger partial charge in [0.2, 0.25) is 0 Å². The van der Waals surface area contributed by atoms with Gasteiger partial charge in [-0.1, -0.05) is 15.9 Å². The first-order valence-electron chi connectivity index (χ1n) is 7.57. The highest BCUT2D eigenvalue weighted by molar-refractivity contribution is 9.10. The van der Waals surface area contributed by atoms with Crippen LogP contribution in [0.3, 0.4) is 0 Å². The number of aliphatic imine (C=N–C) groups is 1. The van der Waals surface area contributed by atoms with E-state index in [1.165, 1.54) is 5.56 Å². The fourth-order valence-corrected chi connectivity index (χ4v) is 2.64. The fraction of sp³-hybridized carbons (Fsp3) is 0.353. The van der Waals surface area contributed by atoms with Crippen LogP contribution in [0.2, 0.25) is 0 Å². The van der Waals surface area contributed by atoms with Crippen LogP contribution in [-0.4, -0.2) is 24.2 Å². The van der Waals surface area contributed by atoms with Crippen molar-refractivity contribution in [3.05, 3.63) is 52.3 Å². The molecule has 2 rings (SSSR count). The second-order valence-corrected chi connectivity index (χ2v) is 6.11. The Labute approximate surface area is 145 Å². The van der Waals surface area contributed by atoms with Crippen LogP contribution >= 0.6 is 15.9 Å². The first-order valence-corrected chi connectivity index (χ1v) is 8.37. The molecule has 124 valence electrons. The summed E-state index contributed by atoms with van der Waals surface area (Å²) in [6, 6.07) is 8.04. The van der Waals surface area contributed by atoms with Crippen LogP contribution in [0.1, 0.15) is 18.1 Å². The summed E-state index contributed by atoms with van der Waals surface area (Å²) < 4.78 is 8.46. The second-order valence-electron chi connectivity index (χ2n) is 5.19. The molecule has 6 heteroatoms. The maximum absolute atomic E-state index is 5.40. The highest BCUT2D eigenvalue weighted by atomic mass is 79.9. The minimum Gasteiger partial charge on any atom is -0.496 e. The summed E-state index contributed by atoms with van der Waals surface area (Å²) in [6.07, 6.45) is 4.10. The zero-order valence-corrected chi connectivity index (χ0v) is 15.4. The average molecular weight is 379 g/mol. The van der Waals surface area contributed by atoms with Crippen LogP contribution in [0.4, 0.5) is 0 Å². The van der Waals surface area contributed by atoms with E-state index in [0.717, 1.165) is 28.3 Å². The van der Waals surface area contributed by atoms with Crippen LogP contribution in [0.5, 0.6) is 5.75 Å². The van der Waals surface area contributed by atoms with Crippen molar-refractivity contribution in [2.75, 3.05) is 13.7 Å². The van der Waals surface area contributed by atoms with Gasteiger partial charge in [0.15, 0.2) is 5.96 Å². The Morgan fingerprint density at radius 1 is 1.30 bits per heavy atom. The maximum Gasteiger partial charge on any atom is 0.191 e. The Morgan fingerprint density at radius 2 is 2.13 bits per heavy atom. The first kappa shape index (κ1) is 17.4. The lowest BCUT2D eigenvalue weighted by Gasteiger charge is -2.13. The molecule has 0 aliphatic rings. The number of aryl methyl sites for hydroxylation is 1. The Hall–Kier alpha value is -1.95. The van der Waals surface area contributed by atoms with Gasteiger partial charge < -0.3 is 19.9 Å². The van der Waals surface area contributed by atoms with Gasteiger partial charge in [0, 0.05) is 42.6 Å². The van der Waals surface area contributed by atoms with Crippen molar-refractivity contribution in [2.24, 2.45) is 12.0 Å². The fourth-order valence-electron chi connectivity index (χ4n) is 2.23. The third-order valence-electron chi connectivity index (χ3n) is 3.35. The van der Waals surface area contributed by atoms with Crippen molar-refractivity contribution in [3.63, 3.8) is 0 Å². The van der Waals surface area contributed by atoms with E-state index in [0.29, 0.717) is 13.1 Å². The number of nitrogens with zero attached hydrogens (tertiary/aromatic N) is 2. The number of hydrogen-bond acceptors (Lipinski definition) is 2. The first-order chi connectivity index (χ1) is 11.1. The molecule has 0 bridgehead atoms. The number of benzene rings is 1. The lowest BCUT2D eigenvalue weighted by molar-refractivity contribution is 0.409. The van der Waals surface area contributed by atoms with Crippen molar-refractivity contribution >= 4 is 21.9 Å². The summed E-state index contributed by atoms with van der Waals surface area (Å²) in [5.74, 6) is 1.65. The predicted octanol–water partition coefficient (Wildman–Crippen LogP) is 3.05. The van der Waals surface area contributed by atoms with Gasteiger partial charge in [-0.05, 0) is 36.8 Å². The maximum atomic E-state index is 5.40. The van der Waals surface area contributed by atoms with Gasteiger partial charge in [0.05, 0.1) is 13.7 Å². The average Bonchev–Trinajstić information content (AvgIpc) is 2.95. The summed E-state index contributed by atoms with van der Waals surface area (Å²) in [5, 5.41) is 6.61. The predicted molar refractivity (Wildman–Crippen MR) is 97.8 cm³/mol. The molecule has 0 spiro atoms. The molecule has 0 amide bonds. The third-order valence-corrected chi connectivity index (χ3v) is 3.84. The molecule has 0 saturated carbocycles. The van der Waals surface area contributed by atoms with Crippen LogP contribution in [0.25, 0.3) is 0 Å². The van der Waals surface area contributed by atoms with E-state index in [1.807, 2.05) is 36.0 Å². The number of aromatic nitrogens is 1. The van der Waals surface area contributed by atoms with E-state index in [4.69, 9.17) is 4.74 Å². The van der Waals surface area contributed by atoms with Gasteiger partial charge in [0.1, 0.15) is 5.75 Å². The van der Waals surface area contributed by atoms with Crippen LogP contribution in [-0.2, 0) is 20.1 Å². The Morgan fingerprint density at radius 3 is 2.78 bits per heavy atom. The molecule has 0 atom stereocenters. The molecule has 1 aromatic heterocycles. The number of methoxy groups -OCH3 is 1. The molecule has 1 aromatic carbocycles. The standard InChI is InChI=1S/C17H23BrN4O/c1-4-19-17(20-10-13-7-8-22(2)12-13)21-11-14-9-15(18)5-6-16(14)23-3/h5-9,12H,4,10-11H2,1-3H3,(H2,19,20,21). The minimum absolute atomic E-state index is 0.642. The molecule has 0 unspecified atom stereocenters. The summed E-state index contributed by atoms with van der Waals surface area (Å²) >= 11 is 3.50. The highest BCUT2D eigenvalue weighted by Gasteiger charge is 2.05. The van der Waals surface area contributed by atoms with E-state index < -0.39 is 0 Å². The van der Waals surface area contributed by atoms with E-state index in [1.54, 1.807) is 7.11 Å². The molecule has 1 heterocycles. The van der Waals surface area contributed by atoms with Gasteiger partial charge in [-0.2, -0.15) is 0 Å². The lowest BCUT2D eigenvalue weighted by Crippen LogP contribution is -2.36. The van der Waals surface area contributed by atoms with Crippen LogP contribution in [0.15, 0.2) is 46.1 Å². The molecule has 2 N–H and O–H groups in total. The molecule has 2 aromatic rings. The van der Waals surface area contributed by atoms with E-state index >= 15 is 0 Å². The summed E-state index contributed by atoms with van der Waals surface area (Å²) in [5.41, 5.74) is 2.26. The summed E-state index contributed by atoms with van der Waals surface area (Å²) in [4.78, 5) is 4.62. The number of guanidine groups is 1. The van der Waals surface area contributed by atoms with E-state index in [-0.39, 0.29) is 0 Å². The number of hydrogen-bond donors (Lipinski definition) is 2. The summed E-state index contributed by atoms with van der Waals surface area (Å²) in [7, 11) is 3.69. The number of ether oxygens (including phenoxy) is 1. The van der Waals surface area contributed by atoms with Gasteiger partial charge in [-0.15, -0.1) is 0 Å². The SMILES string of the molecule is CCNC(=NCc1ccn(C)c1)NCc1cc(Br)ccc1OC. The molecule has 0 radical (unpaired) electrons. The molecule has 0 aliphatic carbocycles. The highest BCUT2D eigenvalue weighted by Crippen LogP contribution is 2.22. The largest absolute Gasteiger partial charge is 0.496 e. The summed E-state index contributed by atoms with van der Waals surface area (Å²) in [6.45, 7) is 4.16. The molecule has 0 aliphatic heterocycles. The zero-order chi connectivity index (χ0) is 16.7. The van der Waals surface area contributed by atoms with Crippen molar-refractivity contribution in [1.29, 1.82) is 0 Å². The zero-order valence-electron chi connectivity index (χ0n) is 13.8. The Balaban J connectivity index is 2.03. The number of rotatable bonds is 6. The van der Waals surface area contributed by atoms with E-state index in [2.05, 4.69) is 50.7 Å². The van der Waals surface area contributed by atoms with Crippen LogP contribution in [0, 0.1) is 0 Å². The molecule has 0 fully saturated rings. The van der Waals surface area contributed by atoms with E-state index in [9.17, 15) is 0 Å². The molecule has 5 nitrogen and oxygen atoms in total. The topological polar surface area (TPSA) is 50.6 Å². The monoisotopic (exact) mass is 378 g/mol. The minimum atomic E-state index is 0.642. The Kier molecular flexibility index (Phi) is 6.52. The number of halogens is 1. The van der Waals surface area contributed by atoms with Crippen LogP contribution < -0.4 is 15.4 Å². The smallest absolute Gasteiger partial charge is 0.191 e. The quantitative estimate of drug-likeness (QED) is 0.599. The van der Waals surface area contributed by atoms with Crippen molar-refractivity contribution in [2.45, 2.75) is 20.0 Å². The second kappa shape index (κ2) is 8.62.